The van der Waals surface area contributed by atoms with Crippen LogP contribution >= 0.6 is 0 Å². The summed E-state index contributed by atoms with van der Waals surface area (Å²) in [6.45, 7) is 1.27. The second kappa shape index (κ2) is 9.23. The molecule has 0 aliphatic heterocycles. The molecule has 0 unspecified atom stereocenters. The van der Waals surface area contributed by atoms with E-state index in [1.807, 2.05) is 0 Å². The minimum atomic E-state index is -3.02. The Kier molecular flexibility index (Phi) is 6.88. The third-order valence-corrected chi connectivity index (χ3v) is 5.67. The average molecular weight is 428 g/mol. The van der Waals surface area contributed by atoms with Crippen LogP contribution in [0, 0.1) is 29.3 Å². The van der Waals surface area contributed by atoms with Gasteiger partial charge in [-0.15, -0.1) is 0 Å². The van der Waals surface area contributed by atoms with E-state index in [2.05, 4.69) is 11.7 Å². The predicted molar refractivity (Wildman–Crippen MR) is 104 cm³/mol. The number of benzene rings is 2. The number of ether oxygens (including phenoxy) is 2. The summed E-state index contributed by atoms with van der Waals surface area (Å²) in [5.41, 5.74) is -0.501. The van der Waals surface area contributed by atoms with Gasteiger partial charge >= 0.3 is 0 Å². The van der Waals surface area contributed by atoms with Crippen molar-refractivity contribution in [3.05, 3.63) is 47.8 Å². The second-order valence-corrected chi connectivity index (χ2v) is 8.06. The molecule has 0 radical (unpaired) electrons. The fourth-order valence-corrected chi connectivity index (χ4v) is 3.90. The number of methoxy groups -OCH3 is 1. The second-order valence-electron chi connectivity index (χ2n) is 8.06. The highest BCUT2D eigenvalue weighted by Gasteiger charge is 2.35. The lowest BCUT2D eigenvalue weighted by Crippen LogP contribution is -2.30. The van der Waals surface area contributed by atoms with Crippen molar-refractivity contribution in [2.75, 3.05) is 13.7 Å². The molecule has 30 heavy (non-hydrogen) atoms. The highest BCUT2D eigenvalue weighted by molar-refractivity contribution is 5.66. The summed E-state index contributed by atoms with van der Waals surface area (Å²) in [5, 5.41) is 0. The van der Waals surface area contributed by atoms with Gasteiger partial charge in [-0.05, 0) is 48.9 Å². The molecule has 2 aromatic rings. The molecule has 164 valence electrons. The van der Waals surface area contributed by atoms with E-state index in [-0.39, 0.29) is 35.0 Å². The summed E-state index contributed by atoms with van der Waals surface area (Å²) in [4.78, 5) is 0. The molecule has 2 nitrogen and oxygen atoms in total. The van der Waals surface area contributed by atoms with Gasteiger partial charge in [-0.25, -0.2) is 17.6 Å². The van der Waals surface area contributed by atoms with Gasteiger partial charge in [0.25, 0.3) is 5.92 Å². The molecule has 0 amide bonds. The maximum atomic E-state index is 14.5. The van der Waals surface area contributed by atoms with Gasteiger partial charge in [0.2, 0.25) is 5.82 Å². The van der Waals surface area contributed by atoms with E-state index in [1.165, 1.54) is 31.4 Å². The summed E-state index contributed by atoms with van der Waals surface area (Å²) in [6.07, 6.45) is 3.22. The van der Waals surface area contributed by atoms with E-state index in [4.69, 9.17) is 4.74 Å². The van der Waals surface area contributed by atoms with E-state index < -0.39 is 30.0 Å². The Balaban J connectivity index is 1.66. The summed E-state index contributed by atoms with van der Waals surface area (Å²) < 4.78 is 81.0. The summed E-state index contributed by atoms with van der Waals surface area (Å²) in [7, 11) is 1.19. The molecule has 0 N–H and O–H groups in total. The normalized spacial score (nSPS) is 19.6. The Morgan fingerprint density at radius 3 is 2.23 bits per heavy atom. The Hall–Kier alpha value is -2.31. The third kappa shape index (κ3) is 5.24. The van der Waals surface area contributed by atoms with Crippen molar-refractivity contribution in [2.45, 2.75) is 45.0 Å². The Labute approximate surface area is 173 Å². The first-order valence-corrected chi connectivity index (χ1v) is 10.0. The van der Waals surface area contributed by atoms with Crippen LogP contribution in [0.15, 0.2) is 30.3 Å². The number of hydrogen-bond acceptors (Lipinski definition) is 2. The van der Waals surface area contributed by atoms with Crippen LogP contribution in [0.4, 0.5) is 22.0 Å². The molecule has 0 heterocycles. The van der Waals surface area contributed by atoms with Gasteiger partial charge < -0.3 is 9.47 Å². The topological polar surface area (TPSA) is 18.5 Å². The SMILES string of the molecule is COc1ccc(-c2ccc(OCC(F)(F)CC3CCC(C)CC3)cc2F)c(F)c1F. The lowest BCUT2D eigenvalue weighted by Gasteiger charge is -2.29. The van der Waals surface area contributed by atoms with Crippen LogP contribution in [0.3, 0.4) is 0 Å². The van der Waals surface area contributed by atoms with Crippen molar-refractivity contribution in [2.24, 2.45) is 11.8 Å². The van der Waals surface area contributed by atoms with Gasteiger partial charge in [0.1, 0.15) is 11.6 Å². The van der Waals surface area contributed by atoms with E-state index >= 15 is 0 Å². The summed E-state index contributed by atoms with van der Waals surface area (Å²) in [5.74, 6) is -6.26. The largest absolute Gasteiger partial charge is 0.494 e. The van der Waals surface area contributed by atoms with E-state index in [0.29, 0.717) is 5.92 Å². The lowest BCUT2D eigenvalue weighted by atomic mass is 9.80. The maximum Gasteiger partial charge on any atom is 0.281 e. The molecular formula is C23H25F5O2. The predicted octanol–water partition coefficient (Wildman–Crippen LogP) is 7.01. The molecule has 0 aromatic heterocycles. The zero-order valence-corrected chi connectivity index (χ0v) is 17.0. The van der Waals surface area contributed by atoms with Gasteiger partial charge in [0.05, 0.1) is 7.11 Å². The van der Waals surface area contributed by atoms with Crippen LogP contribution in [-0.2, 0) is 0 Å². The first-order valence-electron chi connectivity index (χ1n) is 10.0. The molecule has 0 saturated heterocycles. The molecule has 3 rings (SSSR count). The zero-order chi connectivity index (χ0) is 21.9. The first-order chi connectivity index (χ1) is 14.2. The quantitative estimate of drug-likeness (QED) is 0.442. The van der Waals surface area contributed by atoms with Gasteiger partial charge in [0, 0.05) is 23.6 Å². The van der Waals surface area contributed by atoms with Gasteiger partial charge in [-0.2, -0.15) is 4.39 Å². The average Bonchev–Trinajstić information content (AvgIpc) is 2.71. The van der Waals surface area contributed by atoms with Gasteiger partial charge in [-0.3, -0.25) is 0 Å². The molecule has 1 saturated carbocycles. The van der Waals surface area contributed by atoms with Crippen LogP contribution in [0.1, 0.15) is 39.0 Å². The minimum Gasteiger partial charge on any atom is -0.494 e. The zero-order valence-electron chi connectivity index (χ0n) is 17.0. The third-order valence-electron chi connectivity index (χ3n) is 5.67. The minimum absolute atomic E-state index is 0.0353. The van der Waals surface area contributed by atoms with E-state index in [0.717, 1.165) is 31.7 Å². The fourth-order valence-electron chi connectivity index (χ4n) is 3.90. The van der Waals surface area contributed by atoms with Gasteiger partial charge in [-0.1, -0.05) is 19.8 Å². The molecule has 2 aromatic carbocycles. The molecule has 0 spiro atoms. The Bertz CT molecular complexity index is 876. The smallest absolute Gasteiger partial charge is 0.281 e. The van der Waals surface area contributed by atoms with Crippen LogP contribution in [-0.4, -0.2) is 19.6 Å². The van der Waals surface area contributed by atoms with Crippen molar-refractivity contribution in [1.29, 1.82) is 0 Å². The first kappa shape index (κ1) is 22.4. The molecular weight excluding hydrogens is 403 g/mol. The maximum absolute atomic E-state index is 14.5. The molecule has 0 atom stereocenters. The van der Waals surface area contributed by atoms with Crippen LogP contribution in [0.5, 0.6) is 11.5 Å². The van der Waals surface area contributed by atoms with Crippen molar-refractivity contribution in [3.63, 3.8) is 0 Å². The van der Waals surface area contributed by atoms with Crippen LogP contribution in [0.25, 0.3) is 11.1 Å². The number of alkyl halides is 2. The van der Waals surface area contributed by atoms with Crippen molar-refractivity contribution < 1.29 is 31.4 Å². The Morgan fingerprint density at radius 2 is 1.60 bits per heavy atom. The van der Waals surface area contributed by atoms with Crippen molar-refractivity contribution >= 4 is 0 Å². The number of hydrogen-bond donors (Lipinski definition) is 0. The number of halogens is 5. The Morgan fingerprint density at radius 1 is 0.933 bits per heavy atom. The van der Waals surface area contributed by atoms with Crippen molar-refractivity contribution in [3.8, 4) is 22.6 Å². The van der Waals surface area contributed by atoms with E-state index in [9.17, 15) is 22.0 Å². The van der Waals surface area contributed by atoms with Crippen LogP contribution in [0.2, 0.25) is 0 Å². The lowest BCUT2D eigenvalue weighted by molar-refractivity contribution is -0.0640. The van der Waals surface area contributed by atoms with E-state index in [1.54, 1.807) is 0 Å². The fraction of sp³-hybridized carbons (Fsp3) is 0.478. The highest BCUT2D eigenvalue weighted by Crippen LogP contribution is 2.36. The van der Waals surface area contributed by atoms with Gasteiger partial charge in [0.15, 0.2) is 18.2 Å². The molecule has 0 bridgehead atoms. The monoisotopic (exact) mass is 428 g/mol. The number of rotatable bonds is 7. The highest BCUT2D eigenvalue weighted by atomic mass is 19.3. The van der Waals surface area contributed by atoms with Crippen LogP contribution < -0.4 is 9.47 Å². The molecule has 7 heteroatoms. The molecule has 1 aliphatic rings. The summed E-state index contributed by atoms with van der Waals surface area (Å²) in [6, 6.07) is 5.71. The standard InChI is InChI=1S/C23H25F5O2/c1-14-3-5-15(6-4-14)12-23(27,28)13-30-16-7-8-17(19(24)11-16)18-9-10-20(29-2)22(26)21(18)25/h7-11,14-15H,3-6,12-13H2,1-2H3. The summed E-state index contributed by atoms with van der Waals surface area (Å²) >= 11 is 0. The molecule has 1 aliphatic carbocycles. The van der Waals surface area contributed by atoms with Crippen molar-refractivity contribution in [1.82, 2.24) is 0 Å². The molecule has 1 fully saturated rings.